The number of hydrogen-bond acceptors (Lipinski definition) is 7. The number of carbonyl (C=O) groups excluding carboxylic acids is 4. The molecule has 4 N–H and O–H groups in total. The van der Waals surface area contributed by atoms with Crippen LogP contribution in [0.4, 0.5) is 0 Å². The van der Waals surface area contributed by atoms with E-state index < -0.39 is 41.6 Å². The summed E-state index contributed by atoms with van der Waals surface area (Å²) in [6, 6.07) is 4.64. The second-order valence-corrected chi connectivity index (χ2v) is 11.8. The van der Waals surface area contributed by atoms with Gasteiger partial charge in [-0.3, -0.25) is 19.2 Å². The van der Waals surface area contributed by atoms with Gasteiger partial charge in [0.05, 0.1) is 25.9 Å². The number of methoxy groups -OCH3 is 1. The predicted octanol–water partition coefficient (Wildman–Crippen LogP) is 1.81. The Balaban J connectivity index is 1.46. The molecule has 40 heavy (non-hydrogen) atoms. The van der Waals surface area contributed by atoms with E-state index in [9.17, 15) is 24.3 Å². The minimum Gasteiger partial charge on any atom is -0.497 e. The van der Waals surface area contributed by atoms with Crippen molar-refractivity contribution >= 4 is 23.5 Å². The van der Waals surface area contributed by atoms with E-state index in [1.54, 1.807) is 33.1 Å². The van der Waals surface area contributed by atoms with E-state index in [0.29, 0.717) is 44.0 Å². The van der Waals surface area contributed by atoms with Crippen molar-refractivity contribution in [2.45, 2.75) is 101 Å². The molecule has 10 heteroatoms. The Bertz CT molecular complexity index is 1070. The Hall–Kier alpha value is -2.98. The molecular weight excluding hydrogens is 514 g/mol. The topological polar surface area (TPSA) is 146 Å². The van der Waals surface area contributed by atoms with E-state index in [0.717, 1.165) is 31.2 Å². The molecule has 1 aliphatic heterocycles. The summed E-state index contributed by atoms with van der Waals surface area (Å²) in [5.41, 5.74) is -0.0771. The number of hydrogen-bond donors (Lipinski definition) is 4. The Labute approximate surface area is 235 Å². The monoisotopic (exact) mass is 557 g/mol. The Kier molecular flexibility index (Phi) is 9.84. The highest BCUT2D eigenvalue weighted by molar-refractivity contribution is 5.98. The van der Waals surface area contributed by atoms with Crippen molar-refractivity contribution in [1.82, 2.24) is 16.0 Å². The van der Waals surface area contributed by atoms with E-state index >= 15 is 0 Å². The van der Waals surface area contributed by atoms with Crippen LogP contribution in [-0.2, 0) is 30.3 Å². The van der Waals surface area contributed by atoms with Gasteiger partial charge in [0.15, 0.2) is 5.78 Å². The molecule has 1 saturated heterocycles. The molecule has 6 atom stereocenters. The number of epoxide rings is 1. The standard InChI is InChI=1S/C30H43N3O7/c1-18(31-28(37)21-10-11-22(34)16-21)27(36)33-25(15-20-8-12-23(39-3)13-9-20)29(38)32-24(14-19-6-4-5-7-19)26(35)30(2)17-40-30/h8-9,12-13,18-19,21-22,24-25,34H,4-7,10-11,14-17H2,1-3H3,(H,31,37)(H,32,38)(H,33,36)/t18-,21+,22-,24+,25+,30+/m1/s1. The summed E-state index contributed by atoms with van der Waals surface area (Å²) in [7, 11) is 1.57. The van der Waals surface area contributed by atoms with Gasteiger partial charge in [0.25, 0.3) is 0 Å². The van der Waals surface area contributed by atoms with Crippen LogP contribution in [0, 0.1) is 11.8 Å². The Morgan fingerprint density at radius 2 is 1.65 bits per heavy atom. The third kappa shape index (κ3) is 7.81. The molecule has 1 aromatic rings. The summed E-state index contributed by atoms with van der Waals surface area (Å²) in [6.45, 7) is 3.65. The molecule has 10 nitrogen and oxygen atoms in total. The highest BCUT2D eigenvalue weighted by atomic mass is 16.6. The van der Waals surface area contributed by atoms with Crippen molar-refractivity contribution < 1.29 is 33.8 Å². The summed E-state index contributed by atoms with van der Waals surface area (Å²) in [5.74, 6) is -0.689. The first-order valence-electron chi connectivity index (χ1n) is 14.5. The van der Waals surface area contributed by atoms with Gasteiger partial charge in [-0.2, -0.15) is 0 Å². The van der Waals surface area contributed by atoms with Crippen LogP contribution in [-0.4, -0.2) is 72.2 Å². The van der Waals surface area contributed by atoms with Crippen LogP contribution in [0.3, 0.4) is 0 Å². The molecule has 2 saturated carbocycles. The molecule has 3 aliphatic rings. The third-order valence-corrected chi connectivity index (χ3v) is 8.53. The zero-order chi connectivity index (χ0) is 28.9. The van der Waals surface area contributed by atoms with Crippen LogP contribution in [0.2, 0.25) is 0 Å². The van der Waals surface area contributed by atoms with Crippen LogP contribution in [0.5, 0.6) is 5.75 Å². The van der Waals surface area contributed by atoms with Crippen molar-refractivity contribution in [2.24, 2.45) is 11.8 Å². The molecule has 3 fully saturated rings. The van der Waals surface area contributed by atoms with Gasteiger partial charge < -0.3 is 30.5 Å². The molecule has 0 spiro atoms. The summed E-state index contributed by atoms with van der Waals surface area (Å²) in [4.78, 5) is 52.8. The molecule has 2 aliphatic carbocycles. The lowest BCUT2D eigenvalue weighted by atomic mass is 9.90. The maximum atomic E-state index is 13.7. The lowest BCUT2D eigenvalue weighted by Crippen LogP contribution is -2.57. The van der Waals surface area contributed by atoms with Gasteiger partial charge in [0.2, 0.25) is 17.7 Å². The second-order valence-electron chi connectivity index (χ2n) is 11.8. The summed E-state index contributed by atoms with van der Waals surface area (Å²) < 4.78 is 10.6. The fourth-order valence-electron chi connectivity index (χ4n) is 5.80. The number of aliphatic hydroxyl groups is 1. The fourth-order valence-corrected chi connectivity index (χ4v) is 5.80. The normalized spacial score (nSPS) is 26.4. The molecule has 4 rings (SSSR count). The third-order valence-electron chi connectivity index (χ3n) is 8.53. The van der Waals surface area contributed by atoms with Gasteiger partial charge in [-0.15, -0.1) is 0 Å². The number of Topliss-reactive ketones (excluding diaryl/α,β-unsaturated/α-hetero) is 1. The number of aliphatic hydroxyl groups excluding tert-OH is 1. The molecule has 0 unspecified atom stereocenters. The SMILES string of the molecule is COc1ccc(C[C@H](NC(=O)[C@@H](C)NC(=O)[C@H]2CC[C@@H](O)C2)C(=O)N[C@@H](CC2CCCC2)C(=O)[C@]2(C)CO2)cc1. The number of carbonyl (C=O) groups is 4. The zero-order valence-corrected chi connectivity index (χ0v) is 23.7. The number of rotatable bonds is 13. The lowest BCUT2D eigenvalue weighted by Gasteiger charge is -2.27. The van der Waals surface area contributed by atoms with Crippen molar-refractivity contribution in [3.63, 3.8) is 0 Å². The van der Waals surface area contributed by atoms with Crippen LogP contribution < -0.4 is 20.7 Å². The molecule has 1 heterocycles. The first-order chi connectivity index (χ1) is 19.1. The predicted molar refractivity (Wildman–Crippen MR) is 147 cm³/mol. The minimum atomic E-state index is -0.972. The van der Waals surface area contributed by atoms with Gasteiger partial charge in [-0.1, -0.05) is 37.8 Å². The van der Waals surface area contributed by atoms with Crippen LogP contribution in [0.15, 0.2) is 24.3 Å². The first-order valence-corrected chi connectivity index (χ1v) is 14.5. The number of amides is 3. The lowest BCUT2D eigenvalue weighted by molar-refractivity contribution is -0.134. The molecule has 0 radical (unpaired) electrons. The molecule has 0 bridgehead atoms. The second kappa shape index (κ2) is 13.1. The highest BCUT2D eigenvalue weighted by Crippen LogP contribution is 2.33. The van der Waals surface area contributed by atoms with Crippen molar-refractivity contribution in [1.29, 1.82) is 0 Å². The maximum absolute atomic E-state index is 13.7. The van der Waals surface area contributed by atoms with Gasteiger partial charge in [0, 0.05) is 12.3 Å². The number of ketones is 1. The summed E-state index contributed by atoms with van der Waals surface area (Å²) >= 11 is 0. The van der Waals surface area contributed by atoms with Gasteiger partial charge >= 0.3 is 0 Å². The van der Waals surface area contributed by atoms with E-state index in [1.165, 1.54) is 0 Å². The number of benzene rings is 1. The summed E-state index contributed by atoms with van der Waals surface area (Å²) in [5, 5.41) is 18.2. The highest BCUT2D eigenvalue weighted by Gasteiger charge is 2.50. The van der Waals surface area contributed by atoms with E-state index in [1.807, 2.05) is 12.1 Å². The zero-order valence-electron chi connectivity index (χ0n) is 23.7. The van der Waals surface area contributed by atoms with Gasteiger partial charge in [-0.25, -0.2) is 0 Å². The number of ether oxygens (including phenoxy) is 2. The van der Waals surface area contributed by atoms with Gasteiger partial charge in [0.1, 0.15) is 23.4 Å². The average Bonchev–Trinajstić information content (AvgIpc) is 3.28. The van der Waals surface area contributed by atoms with Crippen molar-refractivity contribution in [2.75, 3.05) is 13.7 Å². The maximum Gasteiger partial charge on any atom is 0.243 e. The van der Waals surface area contributed by atoms with Crippen molar-refractivity contribution in [3.8, 4) is 5.75 Å². The van der Waals surface area contributed by atoms with Crippen LogP contribution >= 0.6 is 0 Å². The van der Waals surface area contributed by atoms with E-state index in [2.05, 4.69) is 16.0 Å². The van der Waals surface area contributed by atoms with Gasteiger partial charge in [-0.05, 0) is 63.1 Å². The average molecular weight is 558 g/mol. The molecule has 0 aromatic heterocycles. The summed E-state index contributed by atoms with van der Waals surface area (Å²) in [6.07, 6.45) is 6.04. The molecule has 3 amide bonds. The first kappa shape index (κ1) is 30.0. The fraction of sp³-hybridized carbons (Fsp3) is 0.667. The largest absolute Gasteiger partial charge is 0.497 e. The molecule has 220 valence electrons. The minimum absolute atomic E-state index is 0.137. The van der Waals surface area contributed by atoms with Crippen molar-refractivity contribution in [3.05, 3.63) is 29.8 Å². The Morgan fingerprint density at radius 1 is 1.00 bits per heavy atom. The Morgan fingerprint density at radius 3 is 2.23 bits per heavy atom. The quantitative estimate of drug-likeness (QED) is 0.271. The number of nitrogens with one attached hydrogen (secondary N) is 3. The van der Waals surface area contributed by atoms with Crippen LogP contribution in [0.25, 0.3) is 0 Å². The van der Waals surface area contributed by atoms with E-state index in [-0.39, 0.29) is 24.0 Å². The molecular formula is C30H43N3O7. The van der Waals surface area contributed by atoms with E-state index in [4.69, 9.17) is 9.47 Å². The smallest absolute Gasteiger partial charge is 0.243 e. The van der Waals surface area contributed by atoms with Crippen LogP contribution in [0.1, 0.15) is 70.8 Å². The molecule has 1 aromatic carbocycles.